The molecule has 0 unspecified atom stereocenters. The van der Waals surface area contributed by atoms with E-state index in [0.717, 1.165) is 20.9 Å². The molecule has 0 aliphatic carbocycles. The van der Waals surface area contributed by atoms with Crippen LogP contribution < -0.4 is 0 Å². The summed E-state index contributed by atoms with van der Waals surface area (Å²) in [6.07, 6.45) is 4.20. The summed E-state index contributed by atoms with van der Waals surface area (Å²) in [6.45, 7) is 21.1. The predicted molar refractivity (Wildman–Crippen MR) is 129 cm³/mol. The van der Waals surface area contributed by atoms with Gasteiger partial charge in [-0.1, -0.05) is 48.1 Å². The van der Waals surface area contributed by atoms with E-state index < -0.39 is 8.24 Å². The lowest BCUT2D eigenvalue weighted by Gasteiger charge is -2.44. The predicted octanol–water partition coefficient (Wildman–Crippen LogP) is 8.10. The first-order chi connectivity index (χ1) is 14.1. The van der Waals surface area contributed by atoms with Gasteiger partial charge in [-0.15, -0.1) is 4.98 Å². The van der Waals surface area contributed by atoms with E-state index in [1.165, 1.54) is 0 Å². The molecule has 3 rings (SSSR count). The van der Waals surface area contributed by atoms with Crippen LogP contribution in [-0.4, -0.2) is 17.5 Å². The van der Waals surface area contributed by atoms with E-state index in [9.17, 15) is 0 Å². The Morgan fingerprint density at radius 2 is 1.73 bits per heavy atom. The minimum Gasteiger partial charge on any atom is -0.373 e. The third-order valence-electron chi connectivity index (χ3n) is 6.48. The number of halogens is 2. The Morgan fingerprint density at radius 3 is 2.30 bits per heavy atom. The Bertz CT molecular complexity index is 1090. The second-order valence-corrected chi connectivity index (χ2v) is 15.4. The molecule has 1 aromatic carbocycles. The van der Waals surface area contributed by atoms with Crippen LogP contribution in [0.1, 0.15) is 52.7 Å². The van der Waals surface area contributed by atoms with Crippen molar-refractivity contribution >= 4 is 40.9 Å². The third kappa shape index (κ3) is 3.63. The molecule has 2 aromatic heterocycles. The molecule has 2 heterocycles. The molecule has 0 fully saturated rings. The van der Waals surface area contributed by atoms with E-state index >= 15 is 4.39 Å². The summed E-state index contributed by atoms with van der Waals surface area (Å²) in [7, 11) is -1.98. The average Bonchev–Trinajstić information content (AvgIpc) is 3.09. The summed E-state index contributed by atoms with van der Waals surface area (Å²) in [5, 5.41) is 1.05. The second kappa shape index (κ2) is 8.64. The fourth-order valence-corrected chi connectivity index (χ4v) is 12.7. The van der Waals surface area contributed by atoms with E-state index in [-0.39, 0.29) is 5.82 Å². The van der Waals surface area contributed by atoms with Gasteiger partial charge in [0.05, 0.1) is 0 Å². The van der Waals surface area contributed by atoms with Crippen molar-refractivity contribution in [3.63, 3.8) is 0 Å². The van der Waals surface area contributed by atoms with Gasteiger partial charge in [-0.05, 0) is 68.6 Å². The number of rotatable bonds is 6. The molecule has 6 heteroatoms. The highest BCUT2D eigenvalue weighted by Gasteiger charge is 2.45. The molecular formula is C24H29BrFN3Si. The van der Waals surface area contributed by atoms with Crippen LogP contribution in [0.2, 0.25) is 16.6 Å². The van der Waals surface area contributed by atoms with E-state index in [1.54, 1.807) is 18.3 Å². The lowest BCUT2D eigenvalue weighted by Crippen LogP contribution is -2.51. The van der Waals surface area contributed by atoms with Crippen LogP contribution in [0.15, 0.2) is 41.1 Å². The molecule has 0 atom stereocenters. The molecule has 30 heavy (non-hydrogen) atoms. The highest BCUT2D eigenvalue weighted by atomic mass is 79.9. The number of aromatic nitrogens is 2. The van der Waals surface area contributed by atoms with Crippen molar-refractivity contribution in [3.8, 4) is 0 Å². The van der Waals surface area contributed by atoms with Gasteiger partial charge >= 0.3 is 0 Å². The van der Waals surface area contributed by atoms with Crippen LogP contribution in [0.4, 0.5) is 10.2 Å². The number of hydrogen-bond acceptors (Lipinski definition) is 1. The van der Waals surface area contributed by atoms with Gasteiger partial charge in [-0.3, -0.25) is 0 Å². The highest BCUT2D eigenvalue weighted by Crippen LogP contribution is 2.45. The Morgan fingerprint density at radius 1 is 1.10 bits per heavy atom. The van der Waals surface area contributed by atoms with Gasteiger partial charge < -0.3 is 9.08 Å². The minimum absolute atomic E-state index is 0.213. The maximum Gasteiger partial charge on any atom is 0.269 e. The molecule has 0 radical (unpaired) electrons. The third-order valence-corrected chi connectivity index (χ3v) is 14.2. The standard InChI is InChI=1S/C24H29BrFN3Si/c1-15(2)30(16(3)4,17(5)6)29-11-9-19-22(29)14-21(26)20(24(19)25)12-18-8-10-28-23(13-18)27-7/h8-11,13-17H,12H2,1-6H3. The van der Waals surface area contributed by atoms with Crippen molar-refractivity contribution in [3.05, 3.63) is 69.5 Å². The number of nitrogens with zero attached hydrogens (tertiary/aromatic N) is 3. The van der Waals surface area contributed by atoms with Crippen molar-refractivity contribution < 1.29 is 4.39 Å². The number of hydrogen-bond donors (Lipinski definition) is 0. The van der Waals surface area contributed by atoms with Crippen molar-refractivity contribution in [2.24, 2.45) is 0 Å². The first-order valence-corrected chi connectivity index (χ1v) is 13.4. The zero-order valence-electron chi connectivity index (χ0n) is 18.5. The Hall–Kier alpha value is -1.97. The van der Waals surface area contributed by atoms with E-state index in [1.807, 2.05) is 6.07 Å². The normalized spacial score (nSPS) is 12.3. The first kappa shape index (κ1) is 22.7. The molecule has 158 valence electrons. The van der Waals surface area contributed by atoms with E-state index in [2.05, 4.69) is 83.8 Å². The Kier molecular flexibility index (Phi) is 6.54. The number of fused-ring (bicyclic) bond motifs is 1. The molecule has 0 amide bonds. The topological polar surface area (TPSA) is 22.2 Å². The van der Waals surface area contributed by atoms with Crippen molar-refractivity contribution in [2.75, 3.05) is 0 Å². The lowest BCUT2D eigenvalue weighted by atomic mass is 10.0. The lowest BCUT2D eigenvalue weighted by molar-refractivity contribution is 0.614. The molecule has 0 bridgehead atoms. The summed E-state index contributed by atoms with van der Waals surface area (Å²) in [5.41, 5.74) is 4.05. The SMILES string of the molecule is [C-]#[N+]c1cc(Cc2c(F)cc3c(ccn3[Si](C(C)C)(C(C)C)C(C)C)c2Br)ccn1. The molecule has 0 aliphatic heterocycles. The summed E-state index contributed by atoms with van der Waals surface area (Å²) in [5.74, 6) is 0.118. The van der Waals surface area contributed by atoms with Gasteiger partial charge in [0, 0.05) is 27.4 Å². The molecular weight excluding hydrogens is 457 g/mol. The molecule has 0 saturated heterocycles. The first-order valence-electron chi connectivity index (χ1n) is 10.4. The molecule has 0 saturated carbocycles. The zero-order valence-corrected chi connectivity index (χ0v) is 21.1. The van der Waals surface area contributed by atoms with Crippen LogP contribution in [0.25, 0.3) is 15.7 Å². The number of benzene rings is 1. The van der Waals surface area contributed by atoms with E-state index in [0.29, 0.717) is 34.4 Å². The Labute approximate surface area is 188 Å². The van der Waals surface area contributed by atoms with Gasteiger partial charge in [0.1, 0.15) is 12.0 Å². The smallest absolute Gasteiger partial charge is 0.269 e. The highest BCUT2D eigenvalue weighted by molar-refractivity contribution is 9.10. The minimum atomic E-state index is -1.98. The second-order valence-electron chi connectivity index (χ2n) is 8.93. The largest absolute Gasteiger partial charge is 0.373 e. The molecule has 3 nitrogen and oxygen atoms in total. The van der Waals surface area contributed by atoms with Crippen LogP contribution in [0.5, 0.6) is 0 Å². The van der Waals surface area contributed by atoms with Gasteiger partial charge in [0.2, 0.25) is 0 Å². The molecule has 0 spiro atoms. The summed E-state index contributed by atoms with van der Waals surface area (Å²) < 4.78 is 18.6. The van der Waals surface area contributed by atoms with Crippen LogP contribution >= 0.6 is 15.9 Å². The molecule has 0 N–H and O–H groups in total. The van der Waals surface area contributed by atoms with Gasteiger partial charge in [-0.25, -0.2) is 4.39 Å². The molecule has 3 aromatic rings. The fourth-order valence-electron chi connectivity index (χ4n) is 5.42. The summed E-state index contributed by atoms with van der Waals surface area (Å²) in [6, 6.07) is 7.39. The van der Waals surface area contributed by atoms with Crippen molar-refractivity contribution in [1.29, 1.82) is 0 Å². The maximum atomic E-state index is 15.4. The Balaban J connectivity index is 2.19. The van der Waals surface area contributed by atoms with Gasteiger partial charge in [0.15, 0.2) is 8.24 Å². The summed E-state index contributed by atoms with van der Waals surface area (Å²) >= 11 is 3.70. The van der Waals surface area contributed by atoms with Crippen molar-refractivity contribution in [2.45, 2.75) is 64.6 Å². The van der Waals surface area contributed by atoms with Gasteiger partial charge in [-0.2, -0.15) is 0 Å². The van der Waals surface area contributed by atoms with Crippen LogP contribution in [0, 0.1) is 12.4 Å². The zero-order chi connectivity index (χ0) is 22.2. The van der Waals surface area contributed by atoms with Crippen LogP contribution in [-0.2, 0) is 6.42 Å². The quantitative estimate of drug-likeness (QED) is 0.255. The monoisotopic (exact) mass is 485 g/mol. The molecule has 0 aliphatic rings. The van der Waals surface area contributed by atoms with Gasteiger partial charge in [0.25, 0.3) is 5.82 Å². The average molecular weight is 487 g/mol. The van der Waals surface area contributed by atoms with Crippen molar-refractivity contribution in [1.82, 2.24) is 9.22 Å². The van der Waals surface area contributed by atoms with Crippen LogP contribution in [0.3, 0.4) is 0 Å². The number of pyridine rings is 1. The summed E-state index contributed by atoms with van der Waals surface area (Å²) in [4.78, 5) is 7.40. The fraction of sp³-hybridized carbons (Fsp3) is 0.417. The maximum absolute atomic E-state index is 15.4. The van der Waals surface area contributed by atoms with E-state index in [4.69, 9.17) is 6.57 Å².